The molecule has 0 aromatic heterocycles. The second kappa shape index (κ2) is 8.55. The molecule has 2 N–H and O–H groups in total. The van der Waals surface area contributed by atoms with Gasteiger partial charge in [0.05, 0.1) is 4.92 Å². The zero-order valence-corrected chi connectivity index (χ0v) is 10.8. The number of halogens is 1. The predicted octanol–water partition coefficient (Wildman–Crippen LogP) is 2.38. The molecule has 0 amide bonds. The van der Waals surface area contributed by atoms with E-state index in [1.54, 1.807) is 6.07 Å². The van der Waals surface area contributed by atoms with Crippen LogP contribution >= 0.6 is 0 Å². The van der Waals surface area contributed by atoms with Crippen LogP contribution in [0.1, 0.15) is 31.2 Å². The first-order valence-corrected chi connectivity index (χ1v) is 6.39. The van der Waals surface area contributed by atoms with Crippen molar-refractivity contribution in [3.8, 4) is 0 Å². The maximum Gasteiger partial charge on any atom is 0.304 e. The average molecular weight is 270 g/mol. The van der Waals surface area contributed by atoms with Crippen molar-refractivity contribution in [2.45, 2.75) is 32.2 Å². The van der Waals surface area contributed by atoms with Gasteiger partial charge in [0.2, 0.25) is 5.82 Å². The van der Waals surface area contributed by atoms with Gasteiger partial charge >= 0.3 is 5.69 Å². The summed E-state index contributed by atoms with van der Waals surface area (Å²) in [4.78, 5) is 9.72. The third-order valence-electron chi connectivity index (χ3n) is 2.80. The van der Waals surface area contributed by atoms with Crippen molar-refractivity contribution in [3.05, 3.63) is 39.7 Å². The number of nitrogens with one attached hydrogen (secondary N) is 1. The highest BCUT2D eigenvalue weighted by atomic mass is 19.1. The molecule has 0 atom stereocenters. The summed E-state index contributed by atoms with van der Waals surface area (Å²) in [5.41, 5.74) is 0.200. The Morgan fingerprint density at radius 2 is 2.00 bits per heavy atom. The summed E-state index contributed by atoms with van der Waals surface area (Å²) in [7, 11) is 0. The number of rotatable bonds is 9. The van der Waals surface area contributed by atoms with Gasteiger partial charge in [0.25, 0.3) is 0 Å². The van der Waals surface area contributed by atoms with Gasteiger partial charge in [0, 0.05) is 19.2 Å². The Morgan fingerprint density at radius 3 is 2.63 bits per heavy atom. The van der Waals surface area contributed by atoms with Crippen molar-refractivity contribution in [3.63, 3.8) is 0 Å². The van der Waals surface area contributed by atoms with Crippen LogP contribution in [0.3, 0.4) is 0 Å². The Hall–Kier alpha value is -1.53. The van der Waals surface area contributed by atoms with Crippen molar-refractivity contribution >= 4 is 5.69 Å². The van der Waals surface area contributed by atoms with Crippen LogP contribution in [0.15, 0.2) is 18.2 Å². The molecule has 0 spiro atoms. The fourth-order valence-corrected chi connectivity index (χ4v) is 1.76. The van der Waals surface area contributed by atoms with E-state index < -0.39 is 16.4 Å². The van der Waals surface area contributed by atoms with Crippen LogP contribution in [0.2, 0.25) is 0 Å². The first-order valence-electron chi connectivity index (χ1n) is 6.39. The zero-order valence-electron chi connectivity index (χ0n) is 10.8. The van der Waals surface area contributed by atoms with Crippen molar-refractivity contribution in [2.24, 2.45) is 0 Å². The standard InChI is InChI=1S/C13H19FN2O3/c14-12-9-11(5-6-13(12)16(18)19)10-15-7-3-1-2-4-8-17/h5-6,9,15,17H,1-4,7-8,10H2. The molecule has 0 saturated heterocycles. The summed E-state index contributed by atoms with van der Waals surface area (Å²) < 4.78 is 13.3. The van der Waals surface area contributed by atoms with E-state index >= 15 is 0 Å². The van der Waals surface area contributed by atoms with Gasteiger partial charge in [0.1, 0.15) is 0 Å². The number of nitro benzene ring substituents is 1. The molecule has 0 fully saturated rings. The number of benzene rings is 1. The lowest BCUT2D eigenvalue weighted by Crippen LogP contribution is -2.14. The van der Waals surface area contributed by atoms with Crippen LogP contribution in [-0.4, -0.2) is 23.2 Å². The number of nitro groups is 1. The highest BCUT2D eigenvalue weighted by Crippen LogP contribution is 2.17. The maximum atomic E-state index is 13.3. The van der Waals surface area contributed by atoms with Crippen molar-refractivity contribution in [1.82, 2.24) is 5.32 Å². The smallest absolute Gasteiger partial charge is 0.304 e. The summed E-state index contributed by atoms with van der Waals surface area (Å²) in [5.74, 6) is -0.799. The summed E-state index contributed by atoms with van der Waals surface area (Å²) in [5, 5.41) is 22.2. The molecule has 0 aliphatic rings. The van der Waals surface area contributed by atoms with E-state index in [9.17, 15) is 14.5 Å². The Labute approximate surface area is 111 Å². The molecule has 1 aromatic rings. The Bertz CT molecular complexity index is 413. The number of hydrogen-bond acceptors (Lipinski definition) is 4. The lowest BCUT2D eigenvalue weighted by atomic mass is 10.2. The molecule has 0 bridgehead atoms. The molecule has 1 aromatic carbocycles. The molecule has 6 heteroatoms. The molecule has 5 nitrogen and oxygen atoms in total. The second-order valence-electron chi connectivity index (χ2n) is 4.36. The van der Waals surface area contributed by atoms with E-state index in [2.05, 4.69) is 5.32 Å². The van der Waals surface area contributed by atoms with Crippen LogP contribution in [0, 0.1) is 15.9 Å². The molecule has 106 valence electrons. The number of aliphatic hydroxyl groups excluding tert-OH is 1. The van der Waals surface area contributed by atoms with Crippen molar-refractivity contribution < 1.29 is 14.4 Å². The summed E-state index contributed by atoms with van der Waals surface area (Å²) in [6, 6.07) is 3.93. The molecule has 0 heterocycles. The Balaban J connectivity index is 2.26. The van der Waals surface area contributed by atoms with Crippen molar-refractivity contribution in [2.75, 3.05) is 13.2 Å². The normalized spacial score (nSPS) is 10.6. The number of nitrogens with zero attached hydrogens (tertiary/aromatic N) is 1. The third kappa shape index (κ3) is 5.76. The van der Waals surface area contributed by atoms with E-state index in [-0.39, 0.29) is 6.61 Å². The molecule has 0 unspecified atom stereocenters. The van der Waals surface area contributed by atoms with Gasteiger partial charge in [0.15, 0.2) is 0 Å². The highest BCUT2D eigenvalue weighted by molar-refractivity contribution is 5.34. The van der Waals surface area contributed by atoms with Gasteiger partial charge in [-0.1, -0.05) is 18.9 Å². The van der Waals surface area contributed by atoms with Crippen molar-refractivity contribution in [1.29, 1.82) is 0 Å². The maximum absolute atomic E-state index is 13.3. The number of hydrogen-bond donors (Lipinski definition) is 2. The third-order valence-corrected chi connectivity index (χ3v) is 2.80. The molecule has 0 aliphatic heterocycles. The largest absolute Gasteiger partial charge is 0.396 e. The van der Waals surface area contributed by atoms with E-state index in [0.717, 1.165) is 32.2 Å². The lowest BCUT2D eigenvalue weighted by molar-refractivity contribution is -0.387. The van der Waals surface area contributed by atoms with Crippen LogP contribution in [0.25, 0.3) is 0 Å². The summed E-state index contributed by atoms with van der Waals surface area (Å²) in [6.07, 6.45) is 3.87. The number of unbranched alkanes of at least 4 members (excludes halogenated alkanes) is 3. The van der Waals surface area contributed by atoms with Crippen LogP contribution < -0.4 is 5.32 Å². The molecule has 19 heavy (non-hydrogen) atoms. The monoisotopic (exact) mass is 270 g/mol. The van der Waals surface area contributed by atoms with Crippen LogP contribution in [-0.2, 0) is 6.54 Å². The van der Waals surface area contributed by atoms with Gasteiger partial charge in [-0.15, -0.1) is 0 Å². The van der Waals surface area contributed by atoms with Gasteiger partial charge < -0.3 is 10.4 Å². The minimum Gasteiger partial charge on any atom is -0.396 e. The van der Waals surface area contributed by atoms with E-state index in [1.165, 1.54) is 12.1 Å². The van der Waals surface area contributed by atoms with Crippen LogP contribution in [0.5, 0.6) is 0 Å². The minimum atomic E-state index is -0.799. The molecule has 1 rings (SSSR count). The Morgan fingerprint density at radius 1 is 1.26 bits per heavy atom. The zero-order chi connectivity index (χ0) is 14.1. The summed E-state index contributed by atoms with van der Waals surface area (Å²) in [6.45, 7) is 1.54. The predicted molar refractivity (Wildman–Crippen MR) is 70.3 cm³/mol. The lowest BCUT2D eigenvalue weighted by Gasteiger charge is -2.05. The fourth-order valence-electron chi connectivity index (χ4n) is 1.76. The molecule has 0 aliphatic carbocycles. The Kier molecular flexibility index (Phi) is 6.99. The van der Waals surface area contributed by atoms with E-state index in [4.69, 9.17) is 5.11 Å². The van der Waals surface area contributed by atoms with Gasteiger partial charge in [-0.05, 0) is 31.0 Å². The first kappa shape index (κ1) is 15.5. The molecule has 0 saturated carbocycles. The summed E-state index contributed by atoms with van der Waals surface area (Å²) >= 11 is 0. The van der Waals surface area contributed by atoms with E-state index in [1.807, 2.05) is 0 Å². The van der Waals surface area contributed by atoms with Gasteiger partial charge in [-0.2, -0.15) is 4.39 Å². The number of aliphatic hydroxyl groups is 1. The fraction of sp³-hybridized carbons (Fsp3) is 0.538. The first-order chi connectivity index (χ1) is 9.15. The second-order valence-corrected chi connectivity index (χ2v) is 4.36. The highest BCUT2D eigenvalue weighted by Gasteiger charge is 2.13. The molecular weight excluding hydrogens is 251 g/mol. The van der Waals surface area contributed by atoms with Gasteiger partial charge in [-0.3, -0.25) is 10.1 Å². The average Bonchev–Trinajstić information content (AvgIpc) is 2.37. The molecule has 0 radical (unpaired) electrons. The topological polar surface area (TPSA) is 75.4 Å². The van der Waals surface area contributed by atoms with Crippen LogP contribution in [0.4, 0.5) is 10.1 Å². The molecular formula is C13H19FN2O3. The quantitative estimate of drug-likeness (QED) is 0.410. The van der Waals surface area contributed by atoms with Gasteiger partial charge in [-0.25, -0.2) is 0 Å². The SMILES string of the molecule is O=[N+]([O-])c1ccc(CNCCCCCCO)cc1F. The van der Waals surface area contributed by atoms with E-state index in [0.29, 0.717) is 12.1 Å². The minimum absolute atomic E-state index is 0.232.